The molecule has 2 rings (SSSR count). The maximum atomic E-state index is 5.86. The predicted octanol–water partition coefficient (Wildman–Crippen LogP) is 2.39. The van der Waals surface area contributed by atoms with Crippen LogP contribution < -0.4 is 5.73 Å². The number of nitrogens with two attached hydrogens (primary N) is 1. The number of likely N-dealkylation sites (tertiary alicyclic amines) is 1. The number of rotatable bonds is 3. The highest BCUT2D eigenvalue weighted by Gasteiger charge is 2.26. The van der Waals surface area contributed by atoms with Crippen LogP contribution in [-0.2, 0) is 12.0 Å². The van der Waals surface area contributed by atoms with Crippen LogP contribution in [0.3, 0.4) is 0 Å². The third kappa shape index (κ3) is 3.57. The first-order chi connectivity index (χ1) is 8.90. The number of hydrogen-bond donors (Lipinski definition) is 1. The van der Waals surface area contributed by atoms with Gasteiger partial charge in [0.2, 0.25) is 5.89 Å². The molecule has 2 unspecified atom stereocenters. The third-order valence-electron chi connectivity index (χ3n) is 4.15. The summed E-state index contributed by atoms with van der Waals surface area (Å²) in [5.41, 5.74) is 5.87. The van der Waals surface area contributed by atoms with Crippen LogP contribution in [0.2, 0.25) is 0 Å². The van der Waals surface area contributed by atoms with E-state index in [2.05, 4.69) is 37.6 Å². The molecule has 2 atom stereocenters. The molecular formula is C15H27N3O. The van der Waals surface area contributed by atoms with Crippen molar-refractivity contribution in [2.24, 2.45) is 17.6 Å². The Hall–Kier alpha value is -0.870. The molecule has 1 aromatic rings. The van der Waals surface area contributed by atoms with E-state index < -0.39 is 0 Å². The Kier molecular flexibility index (Phi) is 4.31. The average Bonchev–Trinajstić information content (AvgIpc) is 2.80. The van der Waals surface area contributed by atoms with Crippen LogP contribution in [0.5, 0.6) is 0 Å². The second-order valence-corrected chi connectivity index (χ2v) is 6.87. The van der Waals surface area contributed by atoms with Crippen LogP contribution in [-0.4, -0.2) is 29.5 Å². The quantitative estimate of drug-likeness (QED) is 0.911. The van der Waals surface area contributed by atoms with Gasteiger partial charge in [-0.3, -0.25) is 4.90 Å². The van der Waals surface area contributed by atoms with Gasteiger partial charge in [0.1, 0.15) is 5.76 Å². The molecule has 1 aliphatic rings. The van der Waals surface area contributed by atoms with E-state index in [0.29, 0.717) is 5.92 Å². The lowest BCUT2D eigenvalue weighted by Gasteiger charge is -2.35. The molecule has 0 aromatic carbocycles. The molecule has 0 amide bonds. The lowest BCUT2D eigenvalue weighted by atomic mass is 9.87. The minimum Gasteiger partial charge on any atom is -0.444 e. The molecule has 0 aliphatic carbocycles. The van der Waals surface area contributed by atoms with E-state index in [1.54, 1.807) is 0 Å². The molecule has 4 heteroatoms. The lowest BCUT2D eigenvalue weighted by Crippen LogP contribution is -2.42. The Bertz CT molecular complexity index is 408. The van der Waals surface area contributed by atoms with Gasteiger partial charge in [-0.15, -0.1) is 0 Å². The SMILES string of the molecule is CC1CCN(Cc2ncc(C(C)(C)C)o2)CC1CN. The highest BCUT2D eigenvalue weighted by atomic mass is 16.4. The van der Waals surface area contributed by atoms with Gasteiger partial charge >= 0.3 is 0 Å². The molecule has 2 N–H and O–H groups in total. The summed E-state index contributed by atoms with van der Waals surface area (Å²) >= 11 is 0. The van der Waals surface area contributed by atoms with Crippen molar-refractivity contribution in [1.29, 1.82) is 0 Å². The first-order valence-corrected chi connectivity index (χ1v) is 7.27. The van der Waals surface area contributed by atoms with Crippen LogP contribution in [0.4, 0.5) is 0 Å². The summed E-state index contributed by atoms with van der Waals surface area (Å²) in [5, 5.41) is 0. The predicted molar refractivity (Wildman–Crippen MR) is 76.8 cm³/mol. The highest BCUT2D eigenvalue weighted by molar-refractivity contribution is 5.06. The van der Waals surface area contributed by atoms with Crippen molar-refractivity contribution in [3.05, 3.63) is 17.8 Å². The summed E-state index contributed by atoms with van der Waals surface area (Å²) in [7, 11) is 0. The van der Waals surface area contributed by atoms with E-state index in [9.17, 15) is 0 Å². The van der Waals surface area contributed by atoms with Gasteiger partial charge < -0.3 is 10.2 Å². The summed E-state index contributed by atoms with van der Waals surface area (Å²) in [6, 6.07) is 0. The van der Waals surface area contributed by atoms with Crippen LogP contribution in [0.15, 0.2) is 10.6 Å². The van der Waals surface area contributed by atoms with Crippen molar-refractivity contribution in [3.63, 3.8) is 0 Å². The van der Waals surface area contributed by atoms with E-state index in [-0.39, 0.29) is 5.41 Å². The number of oxazole rings is 1. The van der Waals surface area contributed by atoms with Gasteiger partial charge in [-0.1, -0.05) is 27.7 Å². The monoisotopic (exact) mass is 265 g/mol. The maximum Gasteiger partial charge on any atom is 0.208 e. The van der Waals surface area contributed by atoms with E-state index in [1.165, 1.54) is 6.42 Å². The Morgan fingerprint density at radius 1 is 1.47 bits per heavy atom. The topological polar surface area (TPSA) is 55.3 Å². The summed E-state index contributed by atoms with van der Waals surface area (Å²) < 4.78 is 5.86. The van der Waals surface area contributed by atoms with Crippen LogP contribution in [0, 0.1) is 11.8 Å². The summed E-state index contributed by atoms with van der Waals surface area (Å²) in [4.78, 5) is 6.82. The Morgan fingerprint density at radius 2 is 2.21 bits per heavy atom. The zero-order valence-electron chi connectivity index (χ0n) is 12.6. The Labute approximate surface area is 116 Å². The van der Waals surface area contributed by atoms with E-state index in [4.69, 9.17) is 10.2 Å². The molecule has 1 aromatic heterocycles. The van der Waals surface area contributed by atoms with Crippen LogP contribution in [0.1, 0.15) is 45.8 Å². The number of nitrogens with zero attached hydrogens (tertiary/aromatic N) is 2. The second-order valence-electron chi connectivity index (χ2n) is 6.87. The van der Waals surface area contributed by atoms with E-state index >= 15 is 0 Å². The van der Waals surface area contributed by atoms with Gasteiger partial charge in [0.25, 0.3) is 0 Å². The van der Waals surface area contributed by atoms with Crippen molar-refractivity contribution in [3.8, 4) is 0 Å². The zero-order chi connectivity index (χ0) is 14.0. The molecule has 0 radical (unpaired) electrons. The molecule has 19 heavy (non-hydrogen) atoms. The Balaban J connectivity index is 1.96. The zero-order valence-corrected chi connectivity index (χ0v) is 12.6. The van der Waals surface area contributed by atoms with Crippen molar-refractivity contribution >= 4 is 0 Å². The van der Waals surface area contributed by atoms with E-state index in [0.717, 1.165) is 43.7 Å². The fourth-order valence-electron chi connectivity index (χ4n) is 2.60. The van der Waals surface area contributed by atoms with E-state index in [1.807, 2.05) is 6.20 Å². The molecule has 1 saturated heterocycles. The van der Waals surface area contributed by atoms with Gasteiger partial charge in [-0.2, -0.15) is 0 Å². The van der Waals surface area contributed by atoms with Gasteiger partial charge in [-0.05, 0) is 31.3 Å². The van der Waals surface area contributed by atoms with Crippen LogP contribution in [0.25, 0.3) is 0 Å². The molecule has 2 heterocycles. The standard InChI is InChI=1S/C15H27N3O/c1-11-5-6-18(9-12(11)7-16)10-14-17-8-13(19-14)15(2,3)4/h8,11-12H,5-7,9-10,16H2,1-4H3. The molecule has 0 spiro atoms. The second kappa shape index (κ2) is 5.63. The van der Waals surface area contributed by atoms with Gasteiger partial charge in [0.15, 0.2) is 0 Å². The smallest absolute Gasteiger partial charge is 0.208 e. The number of aromatic nitrogens is 1. The minimum atomic E-state index is 0.0292. The van der Waals surface area contributed by atoms with Crippen molar-refractivity contribution < 1.29 is 4.42 Å². The lowest BCUT2D eigenvalue weighted by molar-refractivity contribution is 0.116. The van der Waals surface area contributed by atoms with Gasteiger partial charge in [0.05, 0.1) is 12.7 Å². The number of hydrogen-bond acceptors (Lipinski definition) is 4. The molecule has 0 bridgehead atoms. The average molecular weight is 265 g/mol. The summed E-state index contributed by atoms with van der Waals surface area (Å²) in [6.07, 6.45) is 3.08. The first-order valence-electron chi connectivity index (χ1n) is 7.27. The molecular weight excluding hydrogens is 238 g/mol. The normalized spacial score (nSPS) is 25.7. The molecule has 4 nitrogen and oxygen atoms in total. The molecule has 1 aliphatic heterocycles. The highest BCUT2D eigenvalue weighted by Crippen LogP contribution is 2.26. The maximum absolute atomic E-state index is 5.86. The molecule has 108 valence electrons. The summed E-state index contributed by atoms with van der Waals surface area (Å²) in [6.45, 7) is 12.5. The Morgan fingerprint density at radius 3 is 2.79 bits per heavy atom. The summed E-state index contributed by atoms with van der Waals surface area (Å²) in [5.74, 6) is 3.13. The van der Waals surface area contributed by atoms with Crippen molar-refractivity contribution in [2.75, 3.05) is 19.6 Å². The number of piperidine rings is 1. The van der Waals surface area contributed by atoms with Crippen LogP contribution >= 0.6 is 0 Å². The fraction of sp³-hybridized carbons (Fsp3) is 0.800. The largest absolute Gasteiger partial charge is 0.444 e. The van der Waals surface area contributed by atoms with Gasteiger partial charge in [-0.25, -0.2) is 4.98 Å². The first kappa shape index (κ1) is 14.5. The molecule has 0 saturated carbocycles. The minimum absolute atomic E-state index is 0.0292. The third-order valence-corrected chi connectivity index (χ3v) is 4.15. The van der Waals surface area contributed by atoms with Crippen molar-refractivity contribution in [1.82, 2.24) is 9.88 Å². The van der Waals surface area contributed by atoms with Crippen molar-refractivity contribution in [2.45, 2.75) is 46.1 Å². The fourth-order valence-corrected chi connectivity index (χ4v) is 2.60. The molecule has 1 fully saturated rings. The van der Waals surface area contributed by atoms with Gasteiger partial charge in [0, 0.05) is 12.0 Å².